The summed E-state index contributed by atoms with van der Waals surface area (Å²) in [6.45, 7) is 2.81. The second-order valence-corrected chi connectivity index (χ2v) is 4.07. The summed E-state index contributed by atoms with van der Waals surface area (Å²) in [5, 5.41) is 0. The van der Waals surface area contributed by atoms with Gasteiger partial charge < -0.3 is 9.30 Å². The maximum absolute atomic E-state index is 5.91. The van der Waals surface area contributed by atoms with Gasteiger partial charge in [0.15, 0.2) is 0 Å². The maximum atomic E-state index is 5.91. The first kappa shape index (κ1) is 11.4. The zero-order chi connectivity index (χ0) is 11.5. The number of aromatic nitrogens is 2. The Morgan fingerprint density at radius 3 is 2.88 bits per heavy atom. The number of ether oxygens (including phenoxy) is 1. The van der Waals surface area contributed by atoms with Crippen molar-refractivity contribution < 1.29 is 4.74 Å². The van der Waals surface area contributed by atoms with Gasteiger partial charge in [-0.15, -0.1) is 11.6 Å². The van der Waals surface area contributed by atoms with E-state index in [4.69, 9.17) is 16.3 Å². The third kappa shape index (κ3) is 2.06. The number of para-hydroxylation sites is 2. The van der Waals surface area contributed by atoms with Gasteiger partial charge in [0.1, 0.15) is 5.82 Å². The van der Waals surface area contributed by atoms with Crippen LogP contribution in [0.5, 0.6) is 0 Å². The summed E-state index contributed by atoms with van der Waals surface area (Å²) >= 11 is 5.91. The zero-order valence-electron chi connectivity index (χ0n) is 9.48. The average Bonchev–Trinajstić information content (AvgIpc) is 2.67. The molecule has 3 nitrogen and oxygen atoms in total. The summed E-state index contributed by atoms with van der Waals surface area (Å²) in [4.78, 5) is 4.49. The largest absolute Gasteiger partial charge is 0.380 e. The van der Waals surface area contributed by atoms with E-state index in [1.165, 1.54) is 0 Å². The number of imidazole rings is 1. The minimum absolute atomic E-state index is 0.152. The summed E-state index contributed by atoms with van der Waals surface area (Å²) < 4.78 is 7.40. The highest BCUT2D eigenvalue weighted by atomic mass is 35.5. The van der Waals surface area contributed by atoms with Crippen molar-refractivity contribution in [2.45, 2.75) is 25.5 Å². The Balaban J connectivity index is 2.47. The molecule has 0 radical (unpaired) electrons. The molecule has 0 bridgehead atoms. The van der Waals surface area contributed by atoms with Crippen molar-refractivity contribution >= 4 is 22.6 Å². The fraction of sp³-hybridized carbons (Fsp3) is 0.417. The van der Waals surface area contributed by atoms with Gasteiger partial charge >= 0.3 is 0 Å². The minimum atomic E-state index is 0.152. The number of alkyl halides is 1. The molecule has 4 heteroatoms. The van der Waals surface area contributed by atoms with Crippen LogP contribution in [0.3, 0.4) is 0 Å². The molecule has 1 aromatic carbocycles. The Labute approximate surface area is 100.0 Å². The van der Waals surface area contributed by atoms with Crippen molar-refractivity contribution in [2.75, 3.05) is 7.11 Å². The van der Waals surface area contributed by atoms with Gasteiger partial charge in [-0.25, -0.2) is 4.98 Å². The molecule has 0 aliphatic rings. The van der Waals surface area contributed by atoms with E-state index in [2.05, 4.69) is 15.6 Å². The molecule has 0 N–H and O–H groups in total. The highest BCUT2D eigenvalue weighted by molar-refractivity contribution is 6.16. The predicted molar refractivity (Wildman–Crippen MR) is 65.8 cm³/mol. The van der Waals surface area contributed by atoms with E-state index in [9.17, 15) is 0 Å². The molecule has 16 heavy (non-hydrogen) atoms. The molecule has 0 fully saturated rings. The Kier molecular flexibility index (Phi) is 3.46. The predicted octanol–water partition coefficient (Wildman–Crippen LogP) is 2.81. The standard InChI is InChI=1S/C12H15ClN2O/c1-9(16-2)8-15-11-6-4-3-5-10(11)14-12(15)7-13/h3-6,9H,7-8H2,1-2H3. The molecule has 0 saturated heterocycles. The van der Waals surface area contributed by atoms with Crippen LogP contribution in [-0.4, -0.2) is 22.8 Å². The van der Waals surface area contributed by atoms with Crippen LogP contribution in [0.4, 0.5) is 0 Å². The van der Waals surface area contributed by atoms with E-state index in [1.54, 1.807) is 7.11 Å². The van der Waals surface area contributed by atoms with E-state index in [-0.39, 0.29) is 6.10 Å². The lowest BCUT2D eigenvalue weighted by Gasteiger charge is -2.13. The maximum Gasteiger partial charge on any atom is 0.124 e. The summed E-state index contributed by atoms with van der Waals surface area (Å²) in [7, 11) is 1.71. The number of hydrogen-bond acceptors (Lipinski definition) is 2. The molecule has 1 atom stereocenters. The Morgan fingerprint density at radius 2 is 2.19 bits per heavy atom. The van der Waals surface area contributed by atoms with Crippen LogP contribution in [-0.2, 0) is 17.2 Å². The molecular formula is C12H15ClN2O. The molecule has 0 saturated carbocycles. The number of methoxy groups -OCH3 is 1. The first-order valence-electron chi connectivity index (χ1n) is 5.29. The number of hydrogen-bond donors (Lipinski definition) is 0. The first-order valence-corrected chi connectivity index (χ1v) is 5.82. The van der Waals surface area contributed by atoms with Gasteiger partial charge in [0.2, 0.25) is 0 Å². The van der Waals surface area contributed by atoms with Crippen LogP contribution in [0, 0.1) is 0 Å². The number of rotatable bonds is 4. The average molecular weight is 239 g/mol. The SMILES string of the molecule is COC(C)Cn1c(CCl)nc2ccccc21. The van der Waals surface area contributed by atoms with Crippen LogP contribution in [0.2, 0.25) is 0 Å². The van der Waals surface area contributed by atoms with Crippen molar-refractivity contribution in [3.05, 3.63) is 30.1 Å². The van der Waals surface area contributed by atoms with E-state index in [1.807, 2.05) is 25.1 Å². The highest BCUT2D eigenvalue weighted by Gasteiger charge is 2.11. The van der Waals surface area contributed by atoms with E-state index < -0.39 is 0 Å². The summed E-state index contributed by atoms with van der Waals surface area (Å²) in [6.07, 6.45) is 0.152. The molecule has 1 aromatic heterocycles. The quantitative estimate of drug-likeness (QED) is 0.766. The van der Waals surface area contributed by atoms with Gasteiger partial charge in [-0.2, -0.15) is 0 Å². The summed E-state index contributed by atoms with van der Waals surface area (Å²) in [5.74, 6) is 1.32. The lowest BCUT2D eigenvalue weighted by molar-refractivity contribution is 0.103. The topological polar surface area (TPSA) is 27.1 Å². The van der Waals surface area contributed by atoms with Gasteiger partial charge in [0, 0.05) is 7.11 Å². The third-order valence-electron chi connectivity index (χ3n) is 2.70. The van der Waals surface area contributed by atoms with E-state index >= 15 is 0 Å². The number of fused-ring (bicyclic) bond motifs is 1. The molecular weight excluding hydrogens is 224 g/mol. The van der Waals surface area contributed by atoms with Crippen molar-refractivity contribution in [3.63, 3.8) is 0 Å². The summed E-state index contributed by atoms with van der Waals surface area (Å²) in [6, 6.07) is 8.05. The van der Waals surface area contributed by atoms with Crippen LogP contribution >= 0.6 is 11.6 Å². The molecule has 0 aliphatic heterocycles. The van der Waals surface area contributed by atoms with Gasteiger partial charge in [-0.3, -0.25) is 0 Å². The first-order chi connectivity index (χ1) is 7.76. The van der Waals surface area contributed by atoms with Crippen LogP contribution in [0.1, 0.15) is 12.7 Å². The monoisotopic (exact) mass is 238 g/mol. The molecule has 1 heterocycles. The van der Waals surface area contributed by atoms with Crippen molar-refractivity contribution in [1.82, 2.24) is 9.55 Å². The van der Waals surface area contributed by atoms with Crippen molar-refractivity contribution in [3.8, 4) is 0 Å². The summed E-state index contributed by atoms with van der Waals surface area (Å²) in [5.41, 5.74) is 2.10. The molecule has 2 aromatic rings. The van der Waals surface area contributed by atoms with Gasteiger partial charge in [0.25, 0.3) is 0 Å². The molecule has 0 aliphatic carbocycles. The molecule has 86 valence electrons. The molecule has 0 spiro atoms. The lowest BCUT2D eigenvalue weighted by atomic mass is 10.3. The molecule has 2 rings (SSSR count). The third-order valence-corrected chi connectivity index (χ3v) is 2.93. The normalized spacial score (nSPS) is 13.2. The van der Waals surface area contributed by atoms with Gasteiger partial charge in [0.05, 0.1) is 29.6 Å². The fourth-order valence-corrected chi connectivity index (χ4v) is 1.97. The van der Waals surface area contributed by atoms with Crippen LogP contribution in [0.15, 0.2) is 24.3 Å². The Morgan fingerprint density at radius 1 is 1.44 bits per heavy atom. The van der Waals surface area contributed by atoms with Crippen LogP contribution in [0.25, 0.3) is 11.0 Å². The zero-order valence-corrected chi connectivity index (χ0v) is 10.2. The Hall–Kier alpha value is -1.06. The molecule has 1 unspecified atom stereocenters. The van der Waals surface area contributed by atoms with E-state index in [0.717, 1.165) is 23.4 Å². The second-order valence-electron chi connectivity index (χ2n) is 3.81. The number of benzene rings is 1. The van der Waals surface area contributed by atoms with E-state index in [0.29, 0.717) is 5.88 Å². The number of halogens is 1. The Bertz CT molecular complexity index is 481. The molecule has 0 amide bonds. The van der Waals surface area contributed by atoms with Gasteiger partial charge in [-0.1, -0.05) is 12.1 Å². The second kappa shape index (κ2) is 4.85. The van der Waals surface area contributed by atoms with Crippen molar-refractivity contribution in [1.29, 1.82) is 0 Å². The van der Waals surface area contributed by atoms with Gasteiger partial charge in [-0.05, 0) is 19.1 Å². The highest BCUT2D eigenvalue weighted by Crippen LogP contribution is 2.18. The van der Waals surface area contributed by atoms with Crippen molar-refractivity contribution in [2.24, 2.45) is 0 Å². The number of nitrogens with zero attached hydrogens (tertiary/aromatic N) is 2. The smallest absolute Gasteiger partial charge is 0.124 e. The lowest BCUT2D eigenvalue weighted by Crippen LogP contribution is -2.16. The fourth-order valence-electron chi connectivity index (χ4n) is 1.76. The minimum Gasteiger partial charge on any atom is -0.380 e. The van der Waals surface area contributed by atoms with Crippen LogP contribution < -0.4 is 0 Å².